The van der Waals surface area contributed by atoms with Gasteiger partial charge in [-0.3, -0.25) is 9.09 Å². The summed E-state index contributed by atoms with van der Waals surface area (Å²) in [6, 6.07) is 0. The van der Waals surface area contributed by atoms with E-state index in [1.54, 1.807) is 0 Å². The molecule has 1 fully saturated rings. The van der Waals surface area contributed by atoms with Gasteiger partial charge in [0, 0.05) is 0 Å². The van der Waals surface area contributed by atoms with E-state index < -0.39 is 64.6 Å². The standard InChI is InChI=1S/C10H16ClFN3O12P3/c1-10(11)2-5(25-8(10)15-3-6(12)7(13)14-9(15)16)4-24-29(20,21)27-30(22,23)26-28(17,18)19/h3,5,8H,2,4H2,1H3,(H,20,21)(H,22,23)(H2,13,14,16)(H2,17,18,19)/t5-,8+,10+/m0/s1. The predicted molar refractivity (Wildman–Crippen MR) is 95.5 cm³/mol. The van der Waals surface area contributed by atoms with E-state index in [0.29, 0.717) is 10.8 Å². The molecule has 1 aromatic rings. The van der Waals surface area contributed by atoms with Gasteiger partial charge in [0.25, 0.3) is 0 Å². The monoisotopic (exact) mass is 517 g/mol. The lowest BCUT2D eigenvalue weighted by molar-refractivity contribution is -0.0304. The van der Waals surface area contributed by atoms with Gasteiger partial charge in [0.1, 0.15) is 0 Å². The average molecular weight is 518 g/mol. The Morgan fingerprint density at radius 1 is 1.33 bits per heavy atom. The molecular formula is C10H16ClFN3O12P3. The molecule has 2 unspecified atom stereocenters. The first-order valence-electron chi connectivity index (χ1n) is 7.58. The minimum atomic E-state index is -5.67. The topological polar surface area (TPSA) is 230 Å². The summed E-state index contributed by atoms with van der Waals surface area (Å²) in [5, 5.41) is 0. The Morgan fingerprint density at radius 2 is 1.93 bits per heavy atom. The van der Waals surface area contributed by atoms with E-state index in [9.17, 15) is 27.8 Å². The maximum atomic E-state index is 13.7. The van der Waals surface area contributed by atoms with Crippen molar-refractivity contribution in [2.75, 3.05) is 12.3 Å². The zero-order chi connectivity index (χ0) is 23.1. The maximum Gasteiger partial charge on any atom is 0.490 e. The fraction of sp³-hybridized carbons (Fsp3) is 0.600. The van der Waals surface area contributed by atoms with Crippen LogP contribution in [0.3, 0.4) is 0 Å². The third-order valence-electron chi connectivity index (χ3n) is 3.49. The molecule has 0 aromatic carbocycles. The van der Waals surface area contributed by atoms with Crippen LogP contribution in [0, 0.1) is 5.82 Å². The van der Waals surface area contributed by atoms with Crippen LogP contribution in [0.5, 0.6) is 0 Å². The number of nitrogens with two attached hydrogens (primary N) is 1. The SMILES string of the molecule is C[C@@]1(Cl)C[C@@H](COP(=O)(O)OP(=O)(O)OP(=O)(O)O)O[C@H]1n1cc(F)c(N)nc1=O. The smallest absolute Gasteiger partial charge is 0.381 e. The number of hydrogen-bond donors (Lipinski definition) is 5. The maximum absolute atomic E-state index is 13.7. The molecule has 0 saturated carbocycles. The van der Waals surface area contributed by atoms with E-state index >= 15 is 0 Å². The number of aromatic nitrogens is 2. The summed E-state index contributed by atoms with van der Waals surface area (Å²) < 4.78 is 65.0. The van der Waals surface area contributed by atoms with E-state index in [1.165, 1.54) is 6.92 Å². The van der Waals surface area contributed by atoms with Crippen LogP contribution in [0.1, 0.15) is 19.6 Å². The third-order valence-corrected chi connectivity index (χ3v) is 7.63. The lowest BCUT2D eigenvalue weighted by atomic mass is 10.1. The number of anilines is 1. The molecule has 0 aliphatic carbocycles. The van der Waals surface area contributed by atoms with Gasteiger partial charge < -0.3 is 30.0 Å². The molecule has 1 saturated heterocycles. The summed E-state index contributed by atoms with van der Waals surface area (Å²) in [5.74, 6) is -1.67. The highest BCUT2D eigenvalue weighted by molar-refractivity contribution is 7.66. The number of alkyl halides is 1. The quantitative estimate of drug-likeness (QED) is 0.235. The molecule has 1 aliphatic heterocycles. The molecule has 0 spiro atoms. The Morgan fingerprint density at radius 3 is 2.50 bits per heavy atom. The van der Waals surface area contributed by atoms with Gasteiger partial charge in [0.15, 0.2) is 17.9 Å². The van der Waals surface area contributed by atoms with Crippen molar-refractivity contribution in [3.8, 4) is 0 Å². The van der Waals surface area contributed by atoms with E-state index in [-0.39, 0.29) is 6.42 Å². The number of rotatable bonds is 8. The minimum absolute atomic E-state index is 0.118. The summed E-state index contributed by atoms with van der Waals surface area (Å²) in [5.41, 5.74) is 4.21. The highest BCUT2D eigenvalue weighted by Crippen LogP contribution is 2.66. The van der Waals surface area contributed by atoms with Crippen LogP contribution in [0.4, 0.5) is 10.2 Å². The normalized spacial score (nSPS) is 28.8. The number of nitrogens with zero attached hydrogens (tertiary/aromatic N) is 2. The molecule has 30 heavy (non-hydrogen) atoms. The van der Waals surface area contributed by atoms with Crippen molar-refractivity contribution in [2.45, 2.75) is 30.6 Å². The number of ether oxygens (including phenoxy) is 1. The summed E-state index contributed by atoms with van der Waals surface area (Å²) in [6.07, 6.45) is -1.81. The van der Waals surface area contributed by atoms with Crippen molar-refractivity contribution >= 4 is 40.9 Å². The zero-order valence-electron chi connectivity index (χ0n) is 14.8. The fourth-order valence-corrected chi connectivity index (χ4v) is 5.86. The van der Waals surface area contributed by atoms with Crippen LogP contribution in [-0.4, -0.2) is 46.7 Å². The average Bonchev–Trinajstić information content (AvgIpc) is 2.80. The van der Waals surface area contributed by atoms with Crippen LogP contribution in [-0.2, 0) is 31.6 Å². The summed E-state index contributed by atoms with van der Waals surface area (Å²) in [6.45, 7) is 0.618. The second kappa shape index (κ2) is 8.66. The van der Waals surface area contributed by atoms with E-state index in [4.69, 9.17) is 36.8 Å². The largest absolute Gasteiger partial charge is 0.490 e. The van der Waals surface area contributed by atoms with Gasteiger partial charge in [-0.05, 0) is 13.3 Å². The molecule has 6 N–H and O–H groups in total. The molecular weight excluding hydrogens is 501 g/mol. The number of phosphoric acid groups is 3. The van der Waals surface area contributed by atoms with Crippen molar-refractivity contribution < 1.29 is 55.5 Å². The lowest BCUT2D eigenvalue weighted by Gasteiger charge is -2.24. The van der Waals surface area contributed by atoms with Gasteiger partial charge in [0.2, 0.25) is 0 Å². The van der Waals surface area contributed by atoms with Crippen LogP contribution in [0.25, 0.3) is 0 Å². The molecule has 2 heterocycles. The minimum Gasteiger partial charge on any atom is -0.381 e. The predicted octanol–water partition coefficient (Wildman–Crippen LogP) is 0.593. The van der Waals surface area contributed by atoms with Crippen molar-refractivity contribution in [1.29, 1.82) is 0 Å². The lowest BCUT2D eigenvalue weighted by Crippen LogP contribution is -2.35. The van der Waals surface area contributed by atoms with Crippen molar-refractivity contribution in [3.05, 3.63) is 22.5 Å². The Kier molecular flexibility index (Phi) is 7.37. The zero-order valence-corrected chi connectivity index (χ0v) is 18.2. The molecule has 172 valence electrons. The first-order chi connectivity index (χ1) is 13.4. The summed E-state index contributed by atoms with van der Waals surface area (Å²) in [7, 11) is -16.6. The molecule has 5 atom stereocenters. The highest BCUT2D eigenvalue weighted by atomic mass is 35.5. The Bertz CT molecular complexity index is 1010. The first-order valence-corrected chi connectivity index (χ1v) is 12.5. The number of nitrogen functional groups attached to an aromatic ring is 1. The van der Waals surface area contributed by atoms with E-state index in [2.05, 4.69) is 18.1 Å². The van der Waals surface area contributed by atoms with Gasteiger partial charge in [-0.15, -0.1) is 11.6 Å². The molecule has 20 heteroatoms. The number of hydrogen-bond acceptors (Lipinski definition) is 10. The van der Waals surface area contributed by atoms with Gasteiger partial charge in [-0.1, -0.05) is 0 Å². The first kappa shape index (κ1) is 25.5. The van der Waals surface area contributed by atoms with Crippen molar-refractivity contribution in [1.82, 2.24) is 9.55 Å². The summed E-state index contributed by atoms with van der Waals surface area (Å²) in [4.78, 5) is 49.4. The second-order valence-corrected chi connectivity index (χ2v) is 11.4. The Hall–Kier alpha value is -0.730. The highest BCUT2D eigenvalue weighted by Gasteiger charge is 2.47. The van der Waals surface area contributed by atoms with Crippen LogP contribution < -0.4 is 11.4 Å². The molecule has 0 amide bonds. The molecule has 1 aliphatic rings. The van der Waals surface area contributed by atoms with Crippen molar-refractivity contribution in [3.63, 3.8) is 0 Å². The van der Waals surface area contributed by atoms with Crippen LogP contribution in [0.15, 0.2) is 11.0 Å². The molecule has 1 aromatic heterocycles. The summed E-state index contributed by atoms with van der Waals surface area (Å²) >= 11 is 6.28. The van der Waals surface area contributed by atoms with Gasteiger partial charge in [-0.2, -0.15) is 13.6 Å². The second-order valence-electron chi connectivity index (χ2n) is 6.14. The third kappa shape index (κ3) is 6.89. The number of phosphoric ester groups is 1. The van der Waals surface area contributed by atoms with E-state index in [0.717, 1.165) is 0 Å². The number of halogens is 2. The van der Waals surface area contributed by atoms with Gasteiger partial charge in [0.05, 0.1) is 23.8 Å². The van der Waals surface area contributed by atoms with Gasteiger partial charge in [-0.25, -0.2) is 22.9 Å². The van der Waals surface area contributed by atoms with E-state index in [1.807, 2.05) is 0 Å². The fourth-order valence-electron chi connectivity index (χ4n) is 2.48. The molecule has 0 radical (unpaired) electrons. The molecule has 0 bridgehead atoms. The van der Waals surface area contributed by atoms with Crippen LogP contribution >= 0.6 is 35.1 Å². The van der Waals surface area contributed by atoms with Crippen molar-refractivity contribution in [2.24, 2.45) is 0 Å². The van der Waals surface area contributed by atoms with Gasteiger partial charge >= 0.3 is 29.2 Å². The van der Waals surface area contributed by atoms with Crippen LogP contribution in [0.2, 0.25) is 0 Å². The Balaban J connectivity index is 2.08. The molecule has 15 nitrogen and oxygen atoms in total. The molecule has 2 rings (SSSR count). The Labute approximate surface area is 172 Å².